The number of carbonyl (C=O) groups is 2. The number of ether oxygens (including phenoxy) is 2. The number of thiophene rings is 1. The van der Waals surface area contributed by atoms with Gasteiger partial charge in [-0.15, -0.1) is 11.3 Å². The lowest BCUT2D eigenvalue weighted by Gasteiger charge is -2.31. The molecule has 1 saturated heterocycles. The number of morpholine rings is 1. The monoisotopic (exact) mass is 532 g/mol. The zero-order valence-corrected chi connectivity index (χ0v) is 22.3. The second-order valence-corrected chi connectivity index (χ2v) is 10.2. The fourth-order valence-corrected chi connectivity index (χ4v) is 5.48. The van der Waals surface area contributed by atoms with Crippen LogP contribution < -0.4 is 4.74 Å². The molecule has 0 aliphatic carbocycles. The van der Waals surface area contributed by atoms with E-state index in [0.717, 1.165) is 29.2 Å². The van der Waals surface area contributed by atoms with E-state index in [4.69, 9.17) is 14.6 Å². The summed E-state index contributed by atoms with van der Waals surface area (Å²) in [5.41, 5.74) is 2.44. The molecule has 2 aromatic carbocycles. The molecule has 5 rings (SSSR count). The zero-order valence-electron chi connectivity index (χ0n) is 21.5. The number of rotatable bonds is 9. The van der Waals surface area contributed by atoms with Gasteiger partial charge in [-0.25, -0.2) is 5.01 Å². The van der Waals surface area contributed by atoms with E-state index < -0.39 is 0 Å². The maximum atomic E-state index is 13.8. The van der Waals surface area contributed by atoms with Crippen LogP contribution in [0.4, 0.5) is 0 Å². The number of amides is 2. The summed E-state index contributed by atoms with van der Waals surface area (Å²) in [6.45, 7) is 4.03. The van der Waals surface area contributed by atoms with Crippen LogP contribution in [0.25, 0.3) is 0 Å². The van der Waals surface area contributed by atoms with Crippen LogP contribution >= 0.6 is 11.3 Å². The van der Waals surface area contributed by atoms with E-state index in [-0.39, 0.29) is 24.4 Å². The molecule has 198 valence electrons. The van der Waals surface area contributed by atoms with Gasteiger partial charge in [-0.1, -0.05) is 36.4 Å². The fraction of sp³-hybridized carbons (Fsp3) is 0.345. The second-order valence-electron chi connectivity index (χ2n) is 9.30. The van der Waals surface area contributed by atoms with Gasteiger partial charge in [0.15, 0.2) is 0 Å². The Kier molecular flexibility index (Phi) is 8.47. The topological polar surface area (TPSA) is 74.7 Å². The molecule has 0 bridgehead atoms. The Hall–Kier alpha value is -3.53. The van der Waals surface area contributed by atoms with E-state index in [1.807, 2.05) is 47.8 Å². The number of benzene rings is 2. The molecular weight excluding hydrogens is 500 g/mol. The molecule has 0 N–H and O–H groups in total. The predicted molar refractivity (Wildman–Crippen MR) is 148 cm³/mol. The molecule has 0 unspecified atom stereocenters. The average molecular weight is 533 g/mol. The van der Waals surface area contributed by atoms with Crippen molar-refractivity contribution in [3.63, 3.8) is 0 Å². The van der Waals surface area contributed by atoms with E-state index >= 15 is 0 Å². The third kappa shape index (κ3) is 6.12. The highest BCUT2D eigenvalue weighted by atomic mass is 32.1. The summed E-state index contributed by atoms with van der Waals surface area (Å²) in [6.07, 6.45) is 0.635. The molecule has 38 heavy (non-hydrogen) atoms. The first-order valence-corrected chi connectivity index (χ1v) is 13.7. The number of carbonyl (C=O) groups excluding carboxylic acids is 2. The van der Waals surface area contributed by atoms with Crippen LogP contribution in [0, 0.1) is 0 Å². The van der Waals surface area contributed by atoms with Crippen molar-refractivity contribution in [3.05, 3.63) is 88.1 Å². The molecular formula is C29H32N4O4S. The zero-order chi connectivity index (χ0) is 26.3. The summed E-state index contributed by atoms with van der Waals surface area (Å²) in [6, 6.07) is 20.8. The highest BCUT2D eigenvalue weighted by Crippen LogP contribution is 2.34. The first-order valence-electron chi connectivity index (χ1n) is 12.8. The molecule has 3 aromatic rings. The van der Waals surface area contributed by atoms with Crippen LogP contribution in [0.2, 0.25) is 0 Å². The minimum atomic E-state index is -0.210. The minimum Gasteiger partial charge on any atom is -0.497 e. The highest BCUT2D eigenvalue weighted by Gasteiger charge is 2.35. The summed E-state index contributed by atoms with van der Waals surface area (Å²) in [7, 11) is 1.59. The van der Waals surface area contributed by atoms with Crippen LogP contribution in [0.15, 0.2) is 77.2 Å². The van der Waals surface area contributed by atoms with Crippen LogP contribution in [0.1, 0.15) is 33.3 Å². The van der Waals surface area contributed by atoms with E-state index in [1.54, 1.807) is 52.6 Å². The van der Waals surface area contributed by atoms with Gasteiger partial charge in [-0.2, -0.15) is 5.10 Å². The third-order valence-corrected chi connectivity index (χ3v) is 7.81. The fourth-order valence-electron chi connectivity index (χ4n) is 4.76. The molecule has 1 aromatic heterocycles. The molecule has 9 heteroatoms. The molecule has 2 aliphatic heterocycles. The van der Waals surface area contributed by atoms with E-state index in [9.17, 15) is 9.59 Å². The van der Waals surface area contributed by atoms with Gasteiger partial charge in [-0.05, 0) is 41.3 Å². The first kappa shape index (κ1) is 26.1. The lowest BCUT2D eigenvalue weighted by Crippen LogP contribution is -2.46. The van der Waals surface area contributed by atoms with Crippen LogP contribution in [0.3, 0.4) is 0 Å². The predicted octanol–water partition coefficient (Wildman–Crippen LogP) is 3.91. The summed E-state index contributed by atoms with van der Waals surface area (Å²) in [5, 5.41) is 8.37. The summed E-state index contributed by atoms with van der Waals surface area (Å²) in [5.74, 6) is 0.289. The third-order valence-electron chi connectivity index (χ3n) is 6.90. The normalized spacial score (nSPS) is 17.8. The quantitative estimate of drug-likeness (QED) is 0.418. The van der Waals surface area contributed by atoms with Crippen molar-refractivity contribution in [1.82, 2.24) is 14.8 Å². The van der Waals surface area contributed by atoms with Crippen molar-refractivity contribution >= 4 is 28.9 Å². The number of nitrogens with zero attached hydrogens (tertiary/aromatic N) is 4. The molecule has 2 aliphatic rings. The maximum absolute atomic E-state index is 13.8. The SMILES string of the molecule is COc1ccc(C(=O)N(CCN2CCOCC2)CC(=O)N2N=C(c3cccs3)C[C@H]2c2ccccc2)cc1. The molecule has 0 spiro atoms. The van der Waals surface area contributed by atoms with Gasteiger partial charge >= 0.3 is 0 Å². The van der Waals surface area contributed by atoms with E-state index in [1.165, 1.54) is 0 Å². The van der Waals surface area contributed by atoms with Gasteiger partial charge in [-0.3, -0.25) is 14.5 Å². The van der Waals surface area contributed by atoms with Crippen molar-refractivity contribution in [1.29, 1.82) is 0 Å². The Bertz CT molecular complexity index is 1240. The average Bonchev–Trinajstić information content (AvgIpc) is 3.67. The second kappa shape index (κ2) is 12.3. The summed E-state index contributed by atoms with van der Waals surface area (Å²) >= 11 is 1.61. The standard InChI is InChI=1S/C29H32N4O4S/c1-36-24-11-9-23(10-12-24)29(35)32(14-13-31-15-17-37-18-16-31)21-28(34)33-26(22-6-3-2-4-7-22)20-25(30-33)27-8-5-19-38-27/h2-12,19,26H,13-18,20-21H2,1H3/t26-/m0/s1. The van der Waals surface area contributed by atoms with Crippen molar-refractivity contribution in [2.45, 2.75) is 12.5 Å². The molecule has 3 heterocycles. The molecule has 1 fully saturated rings. The Morgan fingerprint density at radius 1 is 1.05 bits per heavy atom. The molecule has 0 radical (unpaired) electrons. The van der Waals surface area contributed by atoms with E-state index in [2.05, 4.69) is 4.90 Å². The smallest absolute Gasteiger partial charge is 0.262 e. The van der Waals surface area contributed by atoms with Crippen molar-refractivity contribution < 1.29 is 19.1 Å². The van der Waals surface area contributed by atoms with Crippen LogP contribution in [-0.4, -0.2) is 85.4 Å². The van der Waals surface area contributed by atoms with Crippen molar-refractivity contribution in [2.75, 3.05) is 53.0 Å². The van der Waals surface area contributed by atoms with Crippen LogP contribution in [0.5, 0.6) is 5.75 Å². The molecule has 1 atom stereocenters. The Balaban J connectivity index is 1.38. The largest absolute Gasteiger partial charge is 0.497 e. The highest BCUT2D eigenvalue weighted by molar-refractivity contribution is 7.12. The molecule has 2 amide bonds. The Labute approximate surface area is 227 Å². The Morgan fingerprint density at radius 2 is 1.82 bits per heavy atom. The van der Waals surface area contributed by atoms with Gasteiger partial charge in [0.2, 0.25) is 0 Å². The van der Waals surface area contributed by atoms with Gasteiger partial charge in [0.05, 0.1) is 37.0 Å². The van der Waals surface area contributed by atoms with Gasteiger partial charge in [0, 0.05) is 38.2 Å². The number of hydrogen-bond acceptors (Lipinski definition) is 7. The maximum Gasteiger partial charge on any atom is 0.262 e. The summed E-state index contributed by atoms with van der Waals surface area (Å²) < 4.78 is 10.7. The molecule has 8 nitrogen and oxygen atoms in total. The van der Waals surface area contributed by atoms with E-state index in [0.29, 0.717) is 44.0 Å². The summed E-state index contributed by atoms with van der Waals surface area (Å²) in [4.78, 5) is 32.4. The van der Waals surface area contributed by atoms with Crippen LogP contribution in [-0.2, 0) is 9.53 Å². The Morgan fingerprint density at radius 3 is 2.50 bits per heavy atom. The number of hydrazone groups is 1. The van der Waals surface area contributed by atoms with Crippen molar-refractivity contribution in [2.24, 2.45) is 5.10 Å². The lowest BCUT2D eigenvalue weighted by molar-refractivity contribution is -0.133. The minimum absolute atomic E-state index is 0.0558. The van der Waals surface area contributed by atoms with Gasteiger partial charge in [0.1, 0.15) is 12.3 Å². The number of methoxy groups -OCH3 is 1. The van der Waals surface area contributed by atoms with Crippen molar-refractivity contribution in [3.8, 4) is 5.75 Å². The first-order chi connectivity index (χ1) is 18.6. The number of hydrogen-bond donors (Lipinski definition) is 0. The van der Waals surface area contributed by atoms with Gasteiger partial charge < -0.3 is 14.4 Å². The lowest BCUT2D eigenvalue weighted by atomic mass is 10.0. The molecule has 0 saturated carbocycles. The van der Waals surface area contributed by atoms with Gasteiger partial charge in [0.25, 0.3) is 11.8 Å².